The van der Waals surface area contributed by atoms with E-state index in [1.165, 1.54) is 25.1 Å². The fourth-order valence-electron chi connectivity index (χ4n) is 3.37. The Kier molecular flexibility index (Phi) is 5.59. The minimum Gasteiger partial charge on any atom is -0.324 e. The van der Waals surface area contributed by atoms with Crippen molar-refractivity contribution < 1.29 is 22.4 Å². The fourth-order valence-corrected chi connectivity index (χ4v) is 3.37. The van der Waals surface area contributed by atoms with E-state index in [0.717, 1.165) is 0 Å². The predicted molar refractivity (Wildman–Crippen MR) is 104 cm³/mol. The van der Waals surface area contributed by atoms with Crippen LogP contribution in [0.2, 0.25) is 0 Å². The van der Waals surface area contributed by atoms with Crippen molar-refractivity contribution in [3.8, 4) is 0 Å². The fraction of sp³-hybridized carbons (Fsp3) is 0.273. The summed E-state index contributed by atoms with van der Waals surface area (Å²) in [7, 11) is 0. The monoisotopic (exact) mass is 404 g/mol. The number of aromatic nitrogens is 1. The summed E-state index contributed by atoms with van der Waals surface area (Å²) in [6, 6.07) is 14.5. The summed E-state index contributed by atoms with van der Waals surface area (Å²) in [6.45, 7) is 2.87. The van der Waals surface area contributed by atoms with Crippen molar-refractivity contribution in [2.75, 3.05) is 5.32 Å². The lowest BCUT2D eigenvalue weighted by Crippen LogP contribution is -2.39. The van der Waals surface area contributed by atoms with Crippen molar-refractivity contribution in [2.24, 2.45) is 5.41 Å². The van der Waals surface area contributed by atoms with Crippen molar-refractivity contribution in [3.05, 3.63) is 71.7 Å². The number of hydrogen-bond acceptors (Lipinski definition) is 2. The molecule has 3 rings (SSSR count). The van der Waals surface area contributed by atoms with Crippen LogP contribution in [0.4, 0.5) is 23.2 Å². The molecule has 0 saturated heterocycles. The Morgan fingerprint density at radius 2 is 1.76 bits per heavy atom. The minimum absolute atomic E-state index is 0.0755. The van der Waals surface area contributed by atoms with Crippen molar-refractivity contribution in [1.29, 1.82) is 0 Å². The molecule has 1 heterocycles. The maximum absolute atomic E-state index is 13.9. The second-order valence-corrected chi connectivity index (χ2v) is 7.40. The van der Waals surface area contributed by atoms with Crippen molar-refractivity contribution >= 4 is 22.5 Å². The highest BCUT2D eigenvalue weighted by Gasteiger charge is 2.44. The number of para-hydroxylation sites is 1. The smallest absolute Gasteiger partial charge is 0.324 e. The topological polar surface area (TPSA) is 42.0 Å². The van der Waals surface area contributed by atoms with Crippen LogP contribution in [0.3, 0.4) is 0 Å². The molecule has 2 aromatic carbocycles. The second kappa shape index (κ2) is 7.81. The Balaban J connectivity index is 1.94. The summed E-state index contributed by atoms with van der Waals surface area (Å²) < 4.78 is 53.7. The first-order valence-corrected chi connectivity index (χ1v) is 9.05. The van der Waals surface area contributed by atoms with E-state index in [9.17, 15) is 22.4 Å². The summed E-state index contributed by atoms with van der Waals surface area (Å²) in [5, 5.41) is 3.03. The Hall–Kier alpha value is -2.96. The molecule has 0 aliphatic carbocycles. The third-order valence-electron chi connectivity index (χ3n) is 4.81. The molecular weight excluding hydrogens is 384 g/mol. The van der Waals surface area contributed by atoms with Crippen LogP contribution in [-0.4, -0.2) is 17.1 Å². The SMILES string of the molecule is Cc1nc2c(F)cccc2cc1NC(=O)C(C)(Cc1ccccc1)CC(F)(F)F. The normalized spacial score (nSPS) is 13.9. The summed E-state index contributed by atoms with van der Waals surface area (Å²) >= 11 is 0. The molecule has 1 atom stereocenters. The first-order chi connectivity index (χ1) is 13.6. The lowest BCUT2D eigenvalue weighted by atomic mass is 9.79. The molecular formula is C22H20F4N2O. The van der Waals surface area contributed by atoms with Crippen LogP contribution in [0.25, 0.3) is 10.9 Å². The number of hydrogen-bond donors (Lipinski definition) is 1. The second-order valence-electron chi connectivity index (χ2n) is 7.40. The molecule has 1 unspecified atom stereocenters. The van der Waals surface area contributed by atoms with Crippen LogP contribution in [-0.2, 0) is 11.2 Å². The summed E-state index contributed by atoms with van der Waals surface area (Å²) in [4.78, 5) is 17.1. The van der Waals surface area contributed by atoms with Gasteiger partial charge in [-0.2, -0.15) is 13.2 Å². The van der Waals surface area contributed by atoms with Crippen LogP contribution in [0.1, 0.15) is 24.6 Å². The molecule has 0 bridgehead atoms. The number of benzene rings is 2. The van der Waals surface area contributed by atoms with Gasteiger partial charge < -0.3 is 5.32 Å². The van der Waals surface area contributed by atoms with Gasteiger partial charge in [-0.25, -0.2) is 9.37 Å². The van der Waals surface area contributed by atoms with Crippen LogP contribution in [0.5, 0.6) is 0 Å². The third-order valence-corrected chi connectivity index (χ3v) is 4.81. The minimum atomic E-state index is -4.51. The molecule has 3 nitrogen and oxygen atoms in total. The molecule has 29 heavy (non-hydrogen) atoms. The summed E-state index contributed by atoms with van der Waals surface area (Å²) in [5.74, 6) is -1.27. The highest BCUT2D eigenvalue weighted by atomic mass is 19.4. The van der Waals surface area contributed by atoms with E-state index in [-0.39, 0.29) is 17.6 Å². The molecule has 0 fully saturated rings. The number of carbonyl (C=O) groups excluding carboxylic acids is 1. The van der Waals surface area contributed by atoms with Crippen molar-refractivity contribution in [3.63, 3.8) is 0 Å². The quantitative estimate of drug-likeness (QED) is 0.544. The number of nitrogens with zero attached hydrogens (tertiary/aromatic N) is 1. The van der Waals surface area contributed by atoms with Gasteiger partial charge in [-0.15, -0.1) is 0 Å². The number of anilines is 1. The lowest BCUT2D eigenvalue weighted by Gasteiger charge is -2.30. The number of halogens is 4. The van der Waals surface area contributed by atoms with Crippen LogP contribution < -0.4 is 5.32 Å². The van der Waals surface area contributed by atoms with Crippen molar-refractivity contribution in [2.45, 2.75) is 32.9 Å². The third kappa shape index (κ3) is 4.91. The molecule has 3 aromatic rings. The van der Waals surface area contributed by atoms with E-state index in [1.54, 1.807) is 43.3 Å². The number of carbonyl (C=O) groups is 1. The van der Waals surface area contributed by atoms with Gasteiger partial charge in [-0.1, -0.05) is 49.4 Å². The number of aryl methyl sites for hydroxylation is 1. The standard InChI is InChI=1S/C22H20F4N2O/c1-14-18(11-16-9-6-10-17(23)19(16)27-14)28-20(29)21(2,13-22(24,25)26)12-15-7-4-3-5-8-15/h3-11H,12-13H2,1-2H3,(H,28,29). The Morgan fingerprint density at radius 1 is 1.07 bits per heavy atom. The zero-order valence-electron chi connectivity index (χ0n) is 16.0. The van der Waals surface area contributed by atoms with E-state index in [1.807, 2.05) is 0 Å². The Labute approximate surface area is 165 Å². The average Bonchev–Trinajstić information content (AvgIpc) is 2.62. The van der Waals surface area contributed by atoms with Gasteiger partial charge in [0.15, 0.2) is 0 Å². The molecule has 0 radical (unpaired) electrons. The largest absolute Gasteiger partial charge is 0.390 e. The Bertz CT molecular complexity index is 1030. The van der Waals surface area contributed by atoms with Crippen molar-refractivity contribution in [1.82, 2.24) is 4.98 Å². The number of nitrogens with one attached hydrogen (secondary N) is 1. The molecule has 0 aliphatic rings. The molecule has 7 heteroatoms. The van der Waals surface area contributed by atoms with Crippen LogP contribution in [0.15, 0.2) is 54.6 Å². The zero-order valence-corrected chi connectivity index (χ0v) is 16.0. The summed E-state index contributed by atoms with van der Waals surface area (Å²) in [5.41, 5.74) is -0.363. The number of rotatable bonds is 5. The van der Waals surface area contributed by atoms with E-state index >= 15 is 0 Å². The first-order valence-electron chi connectivity index (χ1n) is 9.05. The van der Waals surface area contributed by atoms with E-state index in [4.69, 9.17) is 0 Å². The summed E-state index contributed by atoms with van der Waals surface area (Å²) in [6.07, 6.45) is -5.86. The van der Waals surface area contributed by atoms with E-state index < -0.39 is 29.7 Å². The first kappa shape index (κ1) is 20.8. The number of fused-ring (bicyclic) bond motifs is 1. The number of pyridine rings is 1. The van der Waals surface area contributed by atoms with Gasteiger partial charge >= 0.3 is 6.18 Å². The van der Waals surface area contributed by atoms with E-state index in [0.29, 0.717) is 16.6 Å². The maximum Gasteiger partial charge on any atom is 0.390 e. The molecule has 1 amide bonds. The maximum atomic E-state index is 13.9. The van der Waals surface area contributed by atoms with Crippen LogP contribution in [0, 0.1) is 18.2 Å². The molecule has 1 N–H and O–H groups in total. The van der Waals surface area contributed by atoms with E-state index in [2.05, 4.69) is 10.3 Å². The highest BCUT2D eigenvalue weighted by Crippen LogP contribution is 2.37. The highest BCUT2D eigenvalue weighted by molar-refractivity contribution is 5.97. The van der Waals surface area contributed by atoms with Gasteiger partial charge in [0, 0.05) is 5.39 Å². The van der Waals surface area contributed by atoms with Crippen LogP contribution >= 0.6 is 0 Å². The molecule has 152 valence electrons. The van der Waals surface area contributed by atoms with Gasteiger partial charge in [0.25, 0.3) is 0 Å². The van der Waals surface area contributed by atoms with Gasteiger partial charge in [-0.3, -0.25) is 4.79 Å². The van der Waals surface area contributed by atoms with Gasteiger partial charge in [0.05, 0.1) is 23.2 Å². The Morgan fingerprint density at radius 3 is 2.41 bits per heavy atom. The average molecular weight is 404 g/mol. The molecule has 0 spiro atoms. The van der Waals surface area contributed by atoms with Gasteiger partial charge in [0.2, 0.25) is 5.91 Å². The lowest BCUT2D eigenvalue weighted by molar-refractivity contribution is -0.164. The van der Waals surface area contributed by atoms with Gasteiger partial charge in [-0.05, 0) is 31.0 Å². The molecule has 1 aromatic heterocycles. The molecule has 0 saturated carbocycles. The number of alkyl halides is 3. The number of amides is 1. The predicted octanol–water partition coefficient (Wildman–Crippen LogP) is 5.82. The molecule has 0 aliphatic heterocycles. The zero-order chi connectivity index (χ0) is 21.2. The van der Waals surface area contributed by atoms with Gasteiger partial charge in [0.1, 0.15) is 11.3 Å².